The van der Waals surface area contributed by atoms with Gasteiger partial charge in [-0.25, -0.2) is 18.6 Å². The Morgan fingerprint density at radius 2 is 1.69 bits per heavy atom. The number of fused-ring (bicyclic) bond motifs is 1. The largest absolute Gasteiger partial charge is 0.487 e. The highest BCUT2D eigenvalue weighted by molar-refractivity contribution is 5.99. The number of benzene rings is 2. The fraction of sp³-hybridized carbons (Fsp3) is 0.0870. The second-order valence-electron chi connectivity index (χ2n) is 7.04. The van der Waals surface area contributed by atoms with Gasteiger partial charge in [0.05, 0.1) is 5.69 Å². The molecule has 0 aliphatic rings. The van der Waals surface area contributed by atoms with Crippen LogP contribution in [0.2, 0.25) is 0 Å². The van der Waals surface area contributed by atoms with E-state index in [9.17, 15) is 18.4 Å². The van der Waals surface area contributed by atoms with Gasteiger partial charge in [0.2, 0.25) is 0 Å². The molecule has 0 fully saturated rings. The van der Waals surface area contributed by atoms with E-state index in [4.69, 9.17) is 4.74 Å². The number of hydrogen-bond donors (Lipinski definition) is 2. The predicted octanol–water partition coefficient (Wildman–Crippen LogP) is 4.50. The fourth-order valence-corrected chi connectivity index (χ4v) is 2.99. The highest BCUT2D eigenvalue weighted by Crippen LogP contribution is 2.18. The van der Waals surface area contributed by atoms with Crippen molar-refractivity contribution in [1.82, 2.24) is 9.38 Å². The van der Waals surface area contributed by atoms with Gasteiger partial charge in [-0.2, -0.15) is 0 Å². The summed E-state index contributed by atoms with van der Waals surface area (Å²) in [6.07, 6.45) is 1.68. The molecular weight excluding hydrogens is 418 g/mol. The van der Waals surface area contributed by atoms with Crippen LogP contribution in [0.25, 0.3) is 5.65 Å². The second kappa shape index (κ2) is 8.84. The van der Waals surface area contributed by atoms with Crippen molar-refractivity contribution in [1.29, 1.82) is 0 Å². The number of pyridine rings is 1. The van der Waals surface area contributed by atoms with Gasteiger partial charge in [-0.05, 0) is 61.0 Å². The molecule has 0 bridgehead atoms. The summed E-state index contributed by atoms with van der Waals surface area (Å²) in [5, 5.41) is 5.00. The maximum Gasteiger partial charge on any atom is 0.323 e. The van der Waals surface area contributed by atoms with Crippen molar-refractivity contribution in [3.63, 3.8) is 0 Å². The molecule has 32 heavy (non-hydrogen) atoms. The topological polar surface area (TPSA) is 84.7 Å². The number of anilines is 2. The molecular formula is C23H18F2N4O3. The Kier molecular flexibility index (Phi) is 5.80. The molecule has 0 saturated carbocycles. The van der Waals surface area contributed by atoms with Gasteiger partial charge >= 0.3 is 6.03 Å². The molecule has 7 nitrogen and oxygen atoms in total. The molecule has 2 aromatic carbocycles. The average Bonchev–Trinajstić information content (AvgIpc) is 2.75. The molecule has 0 spiro atoms. The number of halogens is 2. The maximum atomic E-state index is 13.2. The molecule has 4 aromatic rings. The number of urea groups is 1. The third-order valence-electron chi connectivity index (χ3n) is 4.55. The van der Waals surface area contributed by atoms with E-state index in [-0.39, 0.29) is 17.9 Å². The Labute approximate surface area is 181 Å². The number of ether oxygens (including phenoxy) is 1. The fourth-order valence-electron chi connectivity index (χ4n) is 2.99. The van der Waals surface area contributed by atoms with Gasteiger partial charge in [-0.15, -0.1) is 0 Å². The van der Waals surface area contributed by atoms with Gasteiger partial charge in [-0.3, -0.25) is 9.20 Å². The zero-order valence-electron chi connectivity index (χ0n) is 16.9. The van der Waals surface area contributed by atoms with Crippen molar-refractivity contribution in [3.8, 4) is 5.75 Å². The summed E-state index contributed by atoms with van der Waals surface area (Å²) >= 11 is 0. The number of amides is 2. The second-order valence-corrected chi connectivity index (χ2v) is 7.04. The van der Waals surface area contributed by atoms with Crippen LogP contribution in [0.1, 0.15) is 11.3 Å². The first kappa shape index (κ1) is 21.0. The van der Waals surface area contributed by atoms with E-state index in [1.807, 2.05) is 19.1 Å². The minimum atomic E-state index is -1.05. The molecule has 2 N–H and O–H groups in total. The van der Waals surface area contributed by atoms with Crippen molar-refractivity contribution in [2.45, 2.75) is 13.5 Å². The van der Waals surface area contributed by atoms with Gasteiger partial charge in [0.25, 0.3) is 5.56 Å². The third kappa shape index (κ3) is 4.89. The van der Waals surface area contributed by atoms with Crippen LogP contribution in [-0.4, -0.2) is 15.4 Å². The molecule has 0 unspecified atom stereocenters. The van der Waals surface area contributed by atoms with Crippen LogP contribution in [0.4, 0.5) is 25.0 Å². The lowest BCUT2D eigenvalue weighted by Crippen LogP contribution is -2.19. The standard InChI is InChI=1S/C23H18F2N4O3/c1-14-8-9-29-21(10-14)26-17(12-22(29)30)13-32-18-5-2-15(3-6-18)27-23(31)28-16-4-7-19(24)20(25)11-16/h2-12H,13H2,1H3,(H2,27,28,31). The van der Waals surface area contributed by atoms with Crippen LogP contribution in [0.5, 0.6) is 5.75 Å². The first-order valence-corrected chi connectivity index (χ1v) is 9.62. The Balaban J connectivity index is 1.36. The highest BCUT2D eigenvalue weighted by atomic mass is 19.2. The Morgan fingerprint density at radius 3 is 2.44 bits per heavy atom. The smallest absolute Gasteiger partial charge is 0.323 e. The van der Waals surface area contributed by atoms with Gasteiger partial charge in [0, 0.05) is 29.7 Å². The first-order chi connectivity index (χ1) is 15.4. The summed E-state index contributed by atoms with van der Waals surface area (Å²) < 4.78 is 33.3. The normalized spacial score (nSPS) is 10.7. The molecule has 4 rings (SSSR count). The first-order valence-electron chi connectivity index (χ1n) is 9.62. The molecule has 0 aliphatic carbocycles. The average molecular weight is 436 g/mol. The lowest BCUT2D eigenvalue weighted by Gasteiger charge is -2.10. The van der Waals surface area contributed by atoms with Gasteiger partial charge < -0.3 is 15.4 Å². The SMILES string of the molecule is Cc1ccn2c(=O)cc(COc3ccc(NC(=O)Nc4ccc(F)c(F)c4)cc3)nc2c1. The number of aryl methyl sites for hydroxylation is 1. The lowest BCUT2D eigenvalue weighted by molar-refractivity contribution is 0.262. The Hall–Kier alpha value is -4.27. The van der Waals surface area contributed by atoms with Crippen LogP contribution in [0.15, 0.2) is 71.7 Å². The molecule has 2 aromatic heterocycles. The number of rotatable bonds is 5. The lowest BCUT2D eigenvalue weighted by atomic mass is 10.3. The van der Waals surface area contributed by atoms with Crippen molar-refractivity contribution in [2.24, 2.45) is 0 Å². The number of carbonyl (C=O) groups is 1. The van der Waals surface area contributed by atoms with E-state index in [0.29, 0.717) is 22.8 Å². The number of hydrogen-bond acceptors (Lipinski definition) is 4. The molecule has 2 heterocycles. The van der Waals surface area contributed by atoms with Gasteiger partial charge in [-0.1, -0.05) is 0 Å². The molecule has 0 aliphatic heterocycles. The van der Waals surface area contributed by atoms with Crippen molar-refractivity contribution < 1.29 is 18.3 Å². The van der Waals surface area contributed by atoms with Crippen LogP contribution in [0.3, 0.4) is 0 Å². The van der Waals surface area contributed by atoms with Crippen LogP contribution < -0.4 is 20.9 Å². The van der Waals surface area contributed by atoms with Crippen molar-refractivity contribution in [2.75, 3.05) is 10.6 Å². The summed E-state index contributed by atoms with van der Waals surface area (Å²) in [5.41, 5.74) is 2.42. The number of nitrogens with one attached hydrogen (secondary N) is 2. The van der Waals surface area contributed by atoms with E-state index in [0.717, 1.165) is 17.7 Å². The minimum absolute atomic E-state index is 0.100. The monoisotopic (exact) mass is 436 g/mol. The summed E-state index contributed by atoms with van der Waals surface area (Å²) in [5.74, 6) is -1.53. The van der Waals surface area contributed by atoms with E-state index < -0.39 is 17.7 Å². The number of nitrogens with zero attached hydrogens (tertiary/aromatic N) is 2. The Bertz CT molecular complexity index is 1350. The van der Waals surface area contributed by atoms with Gasteiger partial charge in [0.15, 0.2) is 11.6 Å². The number of aromatic nitrogens is 2. The van der Waals surface area contributed by atoms with Crippen LogP contribution in [0, 0.1) is 18.6 Å². The van der Waals surface area contributed by atoms with E-state index in [1.165, 1.54) is 16.5 Å². The third-order valence-corrected chi connectivity index (χ3v) is 4.55. The van der Waals surface area contributed by atoms with Gasteiger partial charge in [0.1, 0.15) is 18.0 Å². The minimum Gasteiger partial charge on any atom is -0.487 e. The van der Waals surface area contributed by atoms with Crippen LogP contribution >= 0.6 is 0 Å². The molecule has 0 radical (unpaired) electrons. The molecule has 0 saturated heterocycles. The maximum absolute atomic E-state index is 13.2. The van der Waals surface area contributed by atoms with E-state index in [2.05, 4.69) is 15.6 Å². The summed E-state index contributed by atoms with van der Waals surface area (Å²) in [7, 11) is 0. The Morgan fingerprint density at radius 1 is 0.969 bits per heavy atom. The van der Waals surface area contributed by atoms with Crippen molar-refractivity contribution >= 4 is 23.1 Å². The summed E-state index contributed by atoms with van der Waals surface area (Å²) in [6.45, 7) is 2.02. The molecule has 2 amide bonds. The molecule has 9 heteroatoms. The van der Waals surface area contributed by atoms with E-state index >= 15 is 0 Å². The van der Waals surface area contributed by atoms with Crippen molar-refractivity contribution in [3.05, 3.63) is 100 Å². The number of carbonyl (C=O) groups excluding carboxylic acids is 1. The molecule has 162 valence electrons. The highest BCUT2D eigenvalue weighted by Gasteiger charge is 2.07. The zero-order chi connectivity index (χ0) is 22.7. The quantitative estimate of drug-likeness (QED) is 0.482. The summed E-state index contributed by atoms with van der Waals surface area (Å²) in [4.78, 5) is 28.7. The molecule has 0 atom stereocenters. The van der Waals surface area contributed by atoms with E-state index in [1.54, 1.807) is 30.5 Å². The zero-order valence-corrected chi connectivity index (χ0v) is 16.9. The van der Waals surface area contributed by atoms with Crippen LogP contribution in [-0.2, 0) is 6.61 Å². The predicted molar refractivity (Wildman–Crippen MR) is 116 cm³/mol. The summed E-state index contributed by atoms with van der Waals surface area (Å²) in [6, 6.07) is 14.0.